The summed E-state index contributed by atoms with van der Waals surface area (Å²) >= 11 is 0. The van der Waals surface area contributed by atoms with Gasteiger partial charge in [-0.3, -0.25) is 14.5 Å². The average Bonchev–Trinajstić information content (AvgIpc) is 3.27. The van der Waals surface area contributed by atoms with Gasteiger partial charge >= 0.3 is 0 Å². The van der Waals surface area contributed by atoms with E-state index in [0.717, 1.165) is 4.90 Å². The summed E-state index contributed by atoms with van der Waals surface area (Å²) in [6.45, 7) is 0.0946. The normalized spacial score (nSPS) is 16.5. The molecule has 4 rings (SSSR count). The van der Waals surface area contributed by atoms with E-state index >= 15 is 0 Å². The van der Waals surface area contributed by atoms with E-state index in [1.807, 2.05) is 18.2 Å². The summed E-state index contributed by atoms with van der Waals surface area (Å²) in [7, 11) is 3.23. The monoisotopic (exact) mass is 408 g/mol. The SMILES string of the molecule is COc1ccc(N2C(=O)CC(N(C)Cc3c([O-])on[n+]3-c3ccccc3)C2=O)cc1. The number of benzene rings is 2. The van der Waals surface area contributed by atoms with Gasteiger partial charge < -0.3 is 14.4 Å². The molecule has 9 nitrogen and oxygen atoms in total. The highest BCUT2D eigenvalue weighted by atomic mass is 16.6. The Morgan fingerprint density at radius 2 is 1.90 bits per heavy atom. The molecule has 2 amide bonds. The molecule has 1 unspecified atom stereocenters. The van der Waals surface area contributed by atoms with Crippen molar-refractivity contribution in [2.24, 2.45) is 0 Å². The van der Waals surface area contributed by atoms with E-state index in [1.54, 1.807) is 55.5 Å². The molecule has 1 aliphatic rings. The van der Waals surface area contributed by atoms with Gasteiger partial charge in [0.05, 0.1) is 37.1 Å². The standard InChI is InChI=1S/C21H20N4O5/c1-23(13-18-21(28)30-22-25(18)15-6-4-3-5-7-15)17-12-19(26)24(20(17)27)14-8-10-16(29-2)11-9-14/h3-11,17H,12-13H2,1-2H3. The van der Waals surface area contributed by atoms with Crippen molar-refractivity contribution >= 4 is 17.5 Å². The number of para-hydroxylation sites is 1. The third-order valence-electron chi connectivity index (χ3n) is 5.08. The molecule has 0 spiro atoms. The van der Waals surface area contributed by atoms with Crippen LogP contribution >= 0.6 is 0 Å². The van der Waals surface area contributed by atoms with Gasteiger partial charge in [-0.05, 0) is 36.0 Å². The molecule has 3 aromatic rings. The van der Waals surface area contributed by atoms with E-state index in [2.05, 4.69) is 5.27 Å². The maximum absolute atomic E-state index is 13.0. The molecule has 0 aliphatic carbocycles. The molecule has 9 heteroatoms. The zero-order valence-electron chi connectivity index (χ0n) is 16.5. The van der Waals surface area contributed by atoms with Crippen molar-refractivity contribution in [2.45, 2.75) is 19.0 Å². The van der Waals surface area contributed by atoms with Gasteiger partial charge in [-0.15, -0.1) is 0 Å². The fraction of sp³-hybridized carbons (Fsp3) is 0.238. The first-order chi connectivity index (χ1) is 14.5. The Bertz CT molecular complexity index is 1060. The van der Waals surface area contributed by atoms with Gasteiger partial charge in [0.1, 0.15) is 5.75 Å². The van der Waals surface area contributed by atoms with Crippen LogP contribution in [0.5, 0.6) is 11.7 Å². The van der Waals surface area contributed by atoms with Gasteiger partial charge in [0.15, 0.2) is 5.95 Å². The van der Waals surface area contributed by atoms with Crippen molar-refractivity contribution in [3.8, 4) is 17.4 Å². The Balaban J connectivity index is 1.55. The van der Waals surface area contributed by atoms with Crippen molar-refractivity contribution in [2.75, 3.05) is 19.1 Å². The van der Waals surface area contributed by atoms with Crippen LogP contribution in [0.3, 0.4) is 0 Å². The first-order valence-electron chi connectivity index (χ1n) is 9.34. The van der Waals surface area contributed by atoms with Crippen LogP contribution in [0.4, 0.5) is 5.69 Å². The summed E-state index contributed by atoms with van der Waals surface area (Å²) < 4.78 is 11.4. The molecule has 30 heavy (non-hydrogen) atoms. The second-order valence-electron chi connectivity index (χ2n) is 6.95. The zero-order valence-corrected chi connectivity index (χ0v) is 16.5. The number of aromatic nitrogens is 2. The van der Waals surface area contributed by atoms with Crippen LogP contribution in [0, 0.1) is 0 Å². The molecular formula is C21H20N4O5. The molecule has 0 N–H and O–H groups in total. The minimum absolute atomic E-state index is 0.0200. The highest BCUT2D eigenvalue weighted by Gasteiger charge is 2.42. The summed E-state index contributed by atoms with van der Waals surface area (Å²) in [5.41, 5.74) is 1.42. The molecule has 0 radical (unpaired) electrons. The summed E-state index contributed by atoms with van der Waals surface area (Å²) in [6.07, 6.45) is 0.0200. The second kappa shape index (κ2) is 7.96. The van der Waals surface area contributed by atoms with Crippen LogP contribution < -0.4 is 19.4 Å². The topological polar surface area (TPSA) is 103 Å². The smallest absolute Gasteiger partial charge is 0.254 e. The number of methoxy groups -OCH3 is 1. The lowest BCUT2D eigenvalue weighted by atomic mass is 10.2. The maximum atomic E-state index is 13.0. The predicted molar refractivity (Wildman–Crippen MR) is 103 cm³/mol. The van der Waals surface area contributed by atoms with Crippen LogP contribution in [0.1, 0.15) is 12.1 Å². The second-order valence-corrected chi connectivity index (χ2v) is 6.95. The largest absolute Gasteiger partial charge is 0.539 e. The minimum atomic E-state index is -0.696. The summed E-state index contributed by atoms with van der Waals surface area (Å²) in [5.74, 6) is -0.602. The molecule has 1 atom stereocenters. The van der Waals surface area contributed by atoms with Crippen molar-refractivity contribution in [1.82, 2.24) is 10.2 Å². The number of hydrogen-bond donors (Lipinski definition) is 0. The van der Waals surface area contributed by atoms with Crippen molar-refractivity contribution in [3.63, 3.8) is 0 Å². The van der Waals surface area contributed by atoms with Crippen LogP contribution in [0.25, 0.3) is 5.69 Å². The lowest BCUT2D eigenvalue weighted by Crippen LogP contribution is -2.44. The molecule has 154 valence electrons. The fourth-order valence-electron chi connectivity index (χ4n) is 3.48. The summed E-state index contributed by atoms with van der Waals surface area (Å²) in [6, 6.07) is 15.1. The maximum Gasteiger partial charge on any atom is 0.254 e. The number of hydrogen-bond acceptors (Lipinski definition) is 7. The fourth-order valence-corrected chi connectivity index (χ4v) is 3.48. The zero-order chi connectivity index (χ0) is 21.3. The summed E-state index contributed by atoms with van der Waals surface area (Å²) in [5, 5.41) is 16.0. The van der Waals surface area contributed by atoms with E-state index in [9.17, 15) is 14.7 Å². The van der Waals surface area contributed by atoms with Gasteiger partial charge in [-0.25, -0.2) is 4.90 Å². The Kier molecular flexibility index (Phi) is 5.20. The molecule has 2 heterocycles. The Morgan fingerprint density at radius 3 is 2.57 bits per heavy atom. The van der Waals surface area contributed by atoms with Crippen molar-refractivity contribution < 1.29 is 28.6 Å². The molecule has 0 bridgehead atoms. The number of carbonyl (C=O) groups is 2. The van der Waals surface area contributed by atoms with E-state index < -0.39 is 12.0 Å². The van der Waals surface area contributed by atoms with E-state index in [0.29, 0.717) is 17.1 Å². The Labute approximate surface area is 172 Å². The number of carbonyl (C=O) groups excluding carboxylic acids is 2. The van der Waals surface area contributed by atoms with Gasteiger partial charge in [0.2, 0.25) is 11.6 Å². The molecule has 1 aliphatic heterocycles. The van der Waals surface area contributed by atoms with Crippen LogP contribution in [-0.2, 0) is 16.1 Å². The molecule has 0 saturated carbocycles. The molecule has 1 fully saturated rings. The quantitative estimate of drug-likeness (QED) is 0.439. The van der Waals surface area contributed by atoms with Crippen LogP contribution in [0.2, 0.25) is 0 Å². The van der Waals surface area contributed by atoms with Gasteiger partial charge in [0.25, 0.3) is 11.6 Å². The third kappa shape index (κ3) is 3.50. The van der Waals surface area contributed by atoms with E-state index in [-0.39, 0.29) is 30.5 Å². The number of ether oxygens (including phenoxy) is 1. The minimum Gasteiger partial charge on any atom is -0.539 e. The van der Waals surface area contributed by atoms with Gasteiger partial charge in [-0.1, -0.05) is 18.2 Å². The highest BCUT2D eigenvalue weighted by molar-refractivity contribution is 6.22. The van der Waals surface area contributed by atoms with E-state index in [4.69, 9.17) is 9.26 Å². The van der Waals surface area contributed by atoms with Gasteiger partial charge in [-0.2, -0.15) is 0 Å². The van der Waals surface area contributed by atoms with Crippen molar-refractivity contribution in [1.29, 1.82) is 0 Å². The lowest BCUT2D eigenvalue weighted by molar-refractivity contribution is -0.678. The number of anilines is 1. The first kappa shape index (κ1) is 19.6. The molecule has 2 aromatic carbocycles. The molecule has 1 aromatic heterocycles. The number of nitrogens with zero attached hydrogens (tertiary/aromatic N) is 4. The average molecular weight is 408 g/mol. The van der Waals surface area contributed by atoms with E-state index in [1.165, 1.54) is 4.68 Å². The van der Waals surface area contributed by atoms with Crippen LogP contribution in [-0.4, -0.2) is 42.2 Å². The molecular weight excluding hydrogens is 388 g/mol. The highest BCUT2D eigenvalue weighted by Crippen LogP contribution is 2.27. The van der Waals surface area contributed by atoms with Crippen LogP contribution in [0.15, 0.2) is 59.1 Å². The lowest BCUT2D eigenvalue weighted by Gasteiger charge is -2.21. The molecule has 1 saturated heterocycles. The Hall–Kier alpha value is -3.72. The third-order valence-corrected chi connectivity index (χ3v) is 5.08. The predicted octanol–water partition coefficient (Wildman–Crippen LogP) is 0.797. The first-order valence-corrected chi connectivity index (χ1v) is 9.34. The van der Waals surface area contributed by atoms with Crippen molar-refractivity contribution in [3.05, 3.63) is 60.3 Å². The summed E-state index contributed by atoms with van der Waals surface area (Å²) in [4.78, 5) is 28.4. The number of rotatable bonds is 6. The number of likely N-dealkylation sites (N-methyl/N-ethyl adjacent to an activating group) is 1. The number of amides is 2. The van der Waals surface area contributed by atoms with Gasteiger partial charge in [0, 0.05) is 12.1 Å². The Morgan fingerprint density at radius 1 is 1.20 bits per heavy atom. The number of imide groups is 1.